The van der Waals surface area contributed by atoms with E-state index in [9.17, 15) is 9.59 Å². The van der Waals surface area contributed by atoms with Crippen LogP contribution in [0.25, 0.3) is 0 Å². The number of nitrogens with one attached hydrogen (secondary N) is 1. The molecule has 7 nitrogen and oxygen atoms in total. The molecule has 0 unspecified atom stereocenters. The van der Waals surface area contributed by atoms with E-state index in [2.05, 4.69) is 10.3 Å². The fraction of sp³-hybridized carbons (Fsp3) is 0.316. The van der Waals surface area contributed by atoms with Crippen molar-refractivity contribution in [3.8, 4) is 5.88 Å². The van der Waals surface area contributed by atoms with Gasteiger partial charge in [-0.15, -0.1) is 0 Å². The average Bonchev–Trinajstić information content (AvgIpc) is 2.69. The zero-order valence-electron chi connectivity index (χ0n) is 15.1. The Labute approximate surface area is 162 Å². The lowest BCUT2D eigenvalue weighted by molar-refractivity contribution is 0.0302. The van der Waals surface area contributed by atoms with Gasteiger partial charge >= 0.3 is 0 Å². The van der Waals surface area contributed by atoms with Gasteiger partial charge in [0.15, 0.2) is 0 Å². The second kappa shape index (κ2) is 8.37. The highest BCUT2D eigenvalue weighted by Crippen LogP contribution is 2.23. The molecule has 8 heteroatoms. The van der Waals surface area contributed by atoms with Gasteiger partial charge in [0.1, 0.15) is 5.02 Å². The molecule has 1 aromatic heterocycles. The van der Waals surface area contributed by atoms with Crippen LogP contribution < -0.4 is 10.1 Å². The number of anilines is 1. The van der Waals surface area contributed by atoms with E-state index in [0.717, 1.165) is 5.56 Å². The number of amides is 2. The summed E-state index contributed by atoms with van der Waals surface area (Å²) in [5, 5.41) is 3.02. The summed E-state index contributed by atoms with van der Waals surface area (Å²) in [5.74, 6) is -0.191. The molecule has 3 rings (SSSR count). The van der Waals surface area contributed by atoms with Crippen LogP contribution in [0.1, 0.15) is 26.3 Å². The quantitative estimate of drug-likeness (QED) is 0.869. The lowest BCUT2D eigenvalue weighted by atomic mass is 10.1. The molecule has 0 spiro atoms. The third kappa shape index (κ3) is 4.37. The van der Waals surface area contributed by atoms with Crippen LogP contribution in [0, 0.1) is 6.92 Å². The highest BCUT2D eigenvalue weighted by Gasteiger charge is 2.21. The number of pyridine rings is 1. The van der Waals surface area contributed by atoms with Gasteiger partial charge in [-0.2, -0.15) is 0 Å². The van der Waals surface area contributed by atoms with Crippen molar-refractivity contribution in [2.75, 3.05) is 38.7 Å². The highest BCUT2D eigenvalue weighted by molar-refractivity contribution is 6.32. The first-order valence-corrected chi connectivity index (χ1v) is 8.86. The number of hydrogen-bond donors (Lipinski definition) is 1. The third-order valence-electron chi connectivity index (χ3n) is 4.29. The van der Waals surface area contributed by atoms with Crippen molar-refractivity contribution in [1.29, 1.82) is 0 Å². The normalized spacial score (nSPS) is 14.0. The highest BCUT2D eigenvalue weighted by atomic mass is 35.5. The largest absolute Gasteiger partial charge is 0.480 e. The standard InChI is InChI=1S/C19H20ClN3O4/c1-12-3-4-14(10-15(12)19(25)23-5-7-27-8-6-23)22-17(24)13-9-16(20)18(26-2)21-11-13/h3-4,9-11H,5-8H2,1-2H3,(H,22,24). The molecular weight excluding hydrogens is 370 g/mol. The summed E-state index contributed by atoms with van der Waals surface area (Å²) >= 11 is 6.02. The molecule has 1 aromatic carbocycles. The van der Waals surface area contributed by atoms with Gasteiger partial charge < -0.3 is 19.7 Å². The van der Waals surface area contributed by atoms with Crippen LogP contribution in [0.2, 0.25) is 5.02 Å². The molecule has 0 atom stereocenters. The summed E-state index contributed by atoms with van der Waals surface area (Å²) in [7, 11) is 1.45. The van der Waals surface area contributed by atoms with Crippen molar-refractivity contribution < 1.29 is 19.1 Å². The Balaban J connectivity index is 1.78. The Hall–Kier alpha value is -2.64. The molecule has 27 heavy (non-hydrogen) atoms. The first-order chi connectivity index (χ1) is 13.0. The second-order valence-electron chi connectivity index (χ2n) is 6.10. The summed E-state index contributed by atoms with van der Waals surface area (Å²) in [6, 6.07) is 6.73. The van der Waals surface area contributed by atoms with E-state index in [1.165, 1.54) is 19.4 Å². The molecule has 0 saturated carbocycles. The number of hydrogen-bond acceptors (Lipinski definition) is 5. The van der Waals surface area contributed by atoms with Crippen LogP contribution in [0.5, 0.6) is 5.88 Å². The minimum atomic E-state index is -0.374. The van der Waals surface area contributed by atoms with Gasteiger partial charge in [0, 0.05) is 30.5 Å². The van der Waals surface area contributed by atoms with E-state index >= 15 is 0 Å². The summed E-state index contributed by atoms with van der Waals surface area (Å²) < 4.78 is 10.3. The molecule has 1 saturated heterocycles. The number of carbonyl (C=O) groups is 2. The van der Waals surface area contributed by atoms with Crippen molar-refractivity contribution in [3.05, 3.63) is 52.2 Å². The summed E-state index contributed by atoms with van der Waals surface area (Å²) in [4.78, 5) is 31.0. The fourth-order valence-electron chi connectivity index (χ4n) is 2.77. The van der Waals surface area contributed by atoms with Gasteiger partial charge in [-0.05, 0) is 30.7 Å². The van der Waals surface area contributed by atoms with Crippen LogP contribution in [0.4, 0.5) is 5.69 Å². The van der Waals surface area contributed by atoms with Crippen LogP contribution in [-0.4, -0.2) is 55.1 Å². The van der Waals surface area contributed by atoms with E-state index in [1.54, 1.807) is 17.0 Å². The number of halogens is 1. The molecule has 1 N–H and O–H groups in total. The maximum absolute atomic E-state index is 12.8. The Kier molecular flexibility index (Phi) is 5.93. The van der Waals surface area contributed by atoms with Crippen LogP contribution in [0.15, 0.2) is 30.5 Å². The van der Waals surface area contributed by atoms with E-state index in [0.29, 0.717) is 43.1 Å². The molecule has 0 bridgehead atoms. The van der Waals surface area contributed by atoms with Crippen LogP contribution >= 0.6 is 11.6 Å². The van der Waals surface area contributed by atoms with Gasteiger partial charge in [0.25, 0.3) is 11.8 Å². The fourth-order valence-corrected chi connectivity index (χ4v) is 3.01. The molecule has 2 amide bonds. The van der Waals surface area contributed by atoms with Crippen molar-refractivity contribution in [3.63, 3.8) is 0 Å². The predicted molar refractivity (Wildman–Crippen MR) is 102 cm³/mol. The molecule has 1 fully saturated rings. The minimum absolute atomic E-state index is 0.0685. The summed E-state index contributed by atoms with van der Waals surface area (Å²) in [5.41, 5.74) is 2.22. The molecule has 2 aromatic rings. The second-order valence-corrected chi connectivity index (χ2v) is 6.51. The average molecular weight is 390 g/mol. The number of ether oxygens (including phenoxy) is 2. The third-order valence-corrected chi connectivity index (χ3v) is 4.56. The number of carbonyl (C=O) groups excluding carboxylic acids is 2. The van der Waals surface area contributed by atoms with Gasteiger partial charge in [-0.25, -0.2) is 4.98 Å². The molecule has 1 aliphatic rings. The van der Waals surface area contributed by atoms with Crippen molar-refractivity contribution in [1.82, 2.24) is 9.88 Å². The van der Waals surface area contributed by atoms with Crippen LogP contribution in [-0.2, 0) is 4.74 Å². The Morgan fingerprint density at radius 2 is 2.00 bits per heavy atom. The zero-order valence-corrected chi connectivity index (χ0v) is 15.9. The first kappa shape index (κ1) is 19.1. The van der Waals surface area contributed by atoms with Crippen molar-refractivity contribution in [2.45, 2.75) is 6.92 Å². The molecule has 0 radical (unpaired) electrons. The molecular formula is C19H20ClN3O4. The van der Waals surface area contributed by atoms with Crippen molar-refractivity contribution in [2.24, 2.45) is 0 Å². The maximum Gasteiger partial charge on any atom is 0.257 e. The molecule has 142 valence electrons. The van der Waals surface area contributed by atoms with Gasteiger partial charge in [-0.3, -0.25) is 9.59 Å². The lowest BCUT2D eigenvalue weighted by Crippen LogP contribution is -2.41. The number of morpholine rings is 1. The number of benzene rings is 1. The number of nitrogens with zero attached hydrogens (tertiary/aromatic N) is 2. The van der Waals surface area contributed by atoms with E-state index < -0.39 is 0 Å². The number of aryl methyl sites for hydroxylation is 1. The SMILES string of the molecule is COc1ncc(C(=O)Nc2ccc(C)c(C(=O)N3CCOCC3)c2)cc1Cl. The van der Waals surface area contributed by atoms with Crippen molar-refractivity contribution >= 4 is 29.1 Å². The van der Waals surface area contributed by atoms with E-state index in [1.807, 2.05) is 13.0 Å². The Morgan fingerprint density at radius 3 is 2.67 bits per heavy atom. The Morgan fingerprint density at radius 1 is 1.26 bits per heavy atom. The smallest absolute Gasteiger partial charge is 0.257 e. The van der Waals surface area contributed by atoms with Gasteiger partial charge in [-0.1, -0.05) is 17.7 Å². The Bertz CT molecular complexity index is 866. The maximum atomic E-state index is 12.8. The molecule has 1 aliphatic heterocycles. The molecule has 2 heterocycles. The van der Waals surface area contributed by atoms with Gasteiger partial charge in [0.2, 0.25) is 5.88 Å². The lowest BCUT2D eigenvalue weighted by Gasteiger charge is -2.27. The minimum Gasteiger partial charge on any atom is -0.480 e. The monoisotopic (exact) mass is 389 g/mol. The van der Waals surface area contributed by atoms with E-state index in [4.69, 9.17) is 21.1 Å². The molecule has 0 aliphatic carbocycles. The van der Waals surface area contributed by atoms with Crippen LogP contribution in [0.3, 0.4) is 0 Å². The number of rotatable bonds is 4. The first-order valence-electron chi connectivity index (χ1n) is 8.48. The zero-order chi connectivity index (χ0) is 19.4. The van der Waals surface area contributed by atoms with Gasteiger partial charge in [0.05, 0.1) is 25.9 Å². The van der Waals surface area contributed by atoms with E-state index in [-0.39, 0.29) is 22.7 Å². The number of aromatic nitrogens is 1. The summed E-state index contributed by atoms with van der Waals surface area (Å²) in [6.07, 6.45) is 1.38. The number of methoxy groups -OCH3 is 1. The topological polar surface area (TPSA) is 80.8 Å². The summed E-state index contributed by atoms with van der Waals surface area (Å²) in [6.45, 7) is 4.06. The predicted octanol–water partition coefficient (Wildman–Crippen LogP) is 2.78.